The molecule has 0 radical (unpaired) electrons. The second-order valence-electron chi connectivity index (χ2n) is 10.1. The van der Waals surface area contributed by atoms with Crippen molar-refractivity contribution in [2.24, 2.45) is 5.10 Å². The largest absolute Gasteiger partial charge is 0.495 e. The highest BCUT2D eigenvalue weighted by Crippen LogP contribution is 2.35. The number of nitrogens with one attached hydrogen (secondary N) is 1. The summed E-state index contributed by atoms with van der Waals surface area (Å²) in [6.07, 6.45) is 0.642. The van der Waals surface area contributed by atoms with Crippen molar-refractivity contribution in [2.75, 3.05) is 12.9 Å². The highest BCUT2D eigenvalue weighted by molar-refractivity contribution is 7.99. The van der Waals surface area contributed by atoms with Gasteiger partial charge in [-0.15, -0.1) is 21.5 Å². The van der Waals surface area contributed by atoms with Crippen LogP contribution in [0.5, 0.6) is 5.75 Å². The predicted molar refractivity (Wildman–Crippen MR) is 172 cm³/mol. The van der Waals surface area contributed by atoms with Crippen molar-refractivity contribution in [1.29, 1.82) is 0 Å². The molecule has 1 N–H and O–H groups in total. The normalized spacial score (nSPS) is 14.4. The number of hydrogen-bond acceptors (Lipinski definition) is 8. The molecule has 11 heteroatoms. The molecule has 222 valence electrons. The Bertz CT molecular complexity index is 1790. The third-order valence-electron chi connectivity index (χ3n) is 7.23. The van der Waals surface area contributed by atoms with Gasteiger partial charge in [0.1, 0.15) is 5.75 Å². The van der Waals surface area contributed by atoms with Crippen molar-refractivity contribution in [3.05, 3.63) is 124 Å². The number of aryl methyl sites for hydroxylation is 1. The minimum absolute atomic E-state index is 0.0905. The molecule has 5 aromatic rings. The maximum atomic E-state index is 13.8. The molecule has 2 aromatic heterocycles. The van der Waals surface area contributed by atoms with E-state index in [0.29, 0.717) is 34.4 Å². The summed E-state index contributed by atoms with van der Waals surface area (Å²) in [6.45, 7) is 2.17. The van der Waals surface area contributed by atoms with Crippen molar-refractivity contribution in [3.63, 3.8) is 0 Å². The van der Waals surface area contributed by atoms with Gasteiger partial charge in [0.15, 0.2) is 11.0 Å². The molecule has 1 aliphatic rings. The minimum atomic E-state index is -0.222. The average Bonchev–Trinajstić information content (AvgIpc) is 3.83. The van der Waals surface area contributed by atoms with Crippen LogP contribution in [0.2, 0.25) is 0 Å². The van der Waals surface area contributed by atoms with Crippen molar-refractivity contribution < 1.29 is 14.3 Å². The number of para-hydroxylation sites is 2. The Hall–Kier alpha value is -4.74. The summed E-state index contributed by atoms with van der Waals surface area (Å²) in [5.74, 6) is 0.847. The van der Waals surface area contributed by atoms with Crippen LogP contribution in [0, 0.1) is 6.92 Å². The first-order chi connectivity index (χ1) is 21.5. The van der Waals surface area contributed by atoms with Gasteiger partial charge in [0, 0.05) is 12.0 Å². The van der Waals surface area contributed by atoms with Crippen LogP contribution in [-0.4, -0.2) is 50.2 Å². The van der Waals surface area contributed by atoms with Gasteiger partial charge in [0.25, 0.3) is 11.8 Å². The van der Waals surface area contributed by atoms with Crippen molar-refractivity contribution in [3.8, 4) is 11.4 Å². The molecule has 44 heavy (non-hydrogen) atoms. The maximum Gasteiger partial charge on any atom is 0.253 e. The molecule has 0 saturated heterocycles. The summed E-state index contributed by atoms with van der Waals surface area (Å²) < 4.78 is 7.46. The molecule has 0 aliphatic carbocycles. The summed E-state index contributed by atoms with van der Waals surface area (Å²) in [5, 5.41) is 20.7. The molecule has 1 unspecified atom stereocenters. The molecule has 1 aliphatic heterocycles. The fourth-order valence-corrected chi connectivity index (χ4v) is 6.53. The van der Waals surface area contributed by atoms with Gasteiger partial charge in [-0.1, -0.05) is 78.0 Å². The lowest BCUT2D eigenvalue weighted by atomic mass is 10.00. The van der Waals surface area contributed by atoms with Crippen LogP contribution in [0.15, 0.2) is 107 Å². The molecular formula is C33H30N6O3S2. The topological polar surface area (TPSA) is 102 Å². The van der Waals surface area contributed by atoms with E-state index in [-0.39, 0.29) is 30.2 Å². The lowest BCUT2D eigenvalue weighted by Gasteiger charge is -2.22. The molecule has 3 heterocycles. The van der Waals surface area contributed by atoms with E-state index in [1.807, 2.05) is 71.5 Å². The number of rotatable bonds is 10. The van der Waals surface area contributed by atoms with Gasteiger partial charge in [-0.25, -0.2) is 5.01 Å². The van der Waals surface area contributed by atoms with E-state index < -0.39 is 0 Å². The van der Waals surface area contributed by atoms with Gasteiger partial charge in [0.2, 0.25) is 0 Å². The van der Waals surface area contributed by atoms with Crippen LogP contribution in [0.3, 0.4) is 0 Å². The number of benzene rings is 3. The van der Waals surface area contributed by atoms with Crippen LogP contribution in [0.1, 0.15) is 44.6 Å². The van der Waals surface area contributed by atoms with Crippen molar-refractivity contribution >= 4 is 40.6 Å². The van der Waals surface area contributed by atoms with Crippen LogP contribution >= 0.6 is 23.1 Å². The van der Waals surface area contributed by atoms with E-state index in [0.717, 1.165) is 21.7 Å². The molecule has 1 atom stereocenters. The van der Waals surface area contributed by atoms with Crippen LogP contribution in [0.4, 0.5) is 0 Å². The van der Waals surface area contributed by atoms with Crippen molar-refractivity contribution in [2.45, 2.75) is 31.1 Å². The smallest absolute Gasteiger partial charge is 0.253 e. The standard InChI is InChI=1S/C33H30N6O3S2/c1-22-14-16-23(17-15-22)27-19-25(29-13-8-18-43-29)37-39(27)31(40)21-44-33-36-35-30(20-34-32(41)24-9-4-3-5-10-24)38(33)26-11-6-7-12-28(26)42-2/h3-18,27H,19-21H2,1-2H3,(H,34,41). The number of thiophene rings is 1. The second-order valence-corrected chi connectivity index (χ2v) is 12.0. The molecule has 0 bridgehead atoms. The van der Waals surface area contributed by atoms with Crippen molar-refractivity contribution in [1.82, 2.24) is 25.1 Å². The molecule has 3 aromatic carbocycles. The predicted octanol–water partition coefficient (Wildman–Crippen LogP) is 6.05. The van der Waals surface area contributed by atoms with Gasteiger partial charge >= 0.3 is 0 Å². The van der Waals surface area contributed by atoms with Gasteiger partial charge in [0.05, 0.1) is 41.7 Å². The lowest BCUT2D eigenvalue weighted by Crippen LogP contribution is -2.28. The summed E-state index contributed by atoms with van der Waals surface area (Å²) in [4.78, 5) is 27.6. The highest BCUT2D eigenvalue weighted by Gasteiger charge is 2.33. The zero-order valence-electron chi connectivity index (χ0n) is 24.2. The lowest BCUT2D eigenvalue weighted by molar-refractivity contribution is -0.130. The third-order valence-corrected chi connectivity index (χ3v) is 9.06. The number of aromatic nitrogens is 3. The number of thioether (sulfide) groups is 1. The fraction of sp³-hybridized carbons (Fsp3) is 0.182. The highest BCUT2D eigenvalue weighted by atomic mass is 32.2. The van der Waals surface area contributed by atoms with E-state index in [4.69, 9.17) is 9.84 Å². The Balaban J connectivity index is 1.26. The second kappa shape index (κ2) is 13.3. The summed E-state index contributed by atoms with van der Waals surface area (Å²) in [6, 6.07) is 28.6. The fourth-order valence-electron chi connectivity index (χ4n) is 4.99. The zero-order chi connectivity index (χ0) is 30.5. The SMILES string of the molecule is COc1ccccc1-n1c(CNC(=O)c2ccccc2)nnc1SCC(=O)N1N=C(c2cccs2)CC1c1ccc(C)cc1. The monoisotopic (exact) mass is 622 g/mol. The zero-order valence-corrected chi connectivity index (χ0v) is 25.8. The number of amides is 2. The molecule has 0 saturated carbocycles. The Morgan fingerprint density at radius 2 is 1.75 bits per heavy atom. The van der Waals surface area contributed by atoms with Gasteiger partial charge in [-0.3, -0.25) is 14.2 Å². The van der Waals surface area contributed by atoms with E-state index in [1.165, 1.54) is 11.8 Å². The third kappa shape index (κ3) is 6.29. The van der Waals surface area contributed by atoms with E-state index in [9.17, 15) is 9.59 Å². The van der Waals surface area contributed by atoms with Crippen LogP contribution < -0.4 is 10.1 Å². The summed E-state index contributed by atoms with van der Waals surface area (Å²) >= 11 is 2.89. The number of methoxy groups -OCH3 is 1. The van der Waals surface area contributed by atoms with Gasteiger partial charge < -0.3 is 10.1 Å². The molecular weight excluding hydrogens is 593 g/mol. The quantitative estimate of drug-likeness (QED) is 0.191. The summed E-state index contributed by atoms with van der Waals surface area (Å²) in [7, 11) is 1.60. The molecule has 6 rings (SSSR count). The number of carbonyl (C=O) groups excluding carboxylic acids is 2. The number of nitrogens with zero attached hydrogens (tertiary/aromatic N) is 5. The minimum Gasteiger partial charge on any atom is -0.495 e. The van der Waals surface area contributed by atoms with Crippen LogP contribution in [-0.2, 0) is 11.3 Å². The van der Waals surface area contributed by atoms with E-state index in [2.05, 4.69) is 39.8 Å². The Kier molecular flexibility index (Phi) is 8.85. The first kappa shape index (κ1) is 29.3. The Labute approximate surface area is 263 Å². The summed E-state index contributed by atoms with van der Waals surface area (Å²) in [5.41, 5.74) is 4.35. The van der Waals surface area contributed by atoms with Crippen LogP contribution in [0.25, 0.3) is 5.69 Å². The molecule has 2 amide bonds. The number of ether oxygens (including phenoxy) is 1. The first-order valence-corrected chi connectivity index (χ1v) is 15.9. The number of carbonyl (C=O) groups is 2. The number of hydrazone groups is 1. The molecule has 0 spiro atoms. The maximum absolute atomic E-state index is 13.8. The average molecular weight is 623 g/mol. The Morgan fingerprint density at radius 1 is 0.977 bits per heavy atom. The number of hydrogen-bond donors (Lipinski definition) is 1. The first-order valence-electron chi connectivity index (χ1n) is 14.1. The van der Waals surface area contributed by atoms with Gasteiger partial charge in [-0.05, 0) is 48.2 Å². The van der Waals surface area contributed by atoms with Gasteiger partial charge in [-0.2, -0.15) is 5.10 Å². The van der Waals surface area contributed by atoms with E-state index >= 15 is 0 Å². The van der Waals surface area contributed by atoms with E-state index in [1.54, 1.807) is 35.6 Å². The Morgan fingerprint density at radius 3 is 2.50 bits per heavy atom. The molecule has 0 fully saturated rings. The molecule has 9 nitrogen and oxygen atoms in total.